The highest BCUT2D eigenvalue weighted by atomic mass is 16.6. The lowest BCUT2D eigenvalue weighted by Gasteiger charge is -2.33. The first kappa shape index (κ1) is 21.6. The number of esters is 1. The Morgan fingerprint density at radius 3 is 2.47 bits per heavy atom. The van der Waals surface area contributed by atoms with Gasteiger partial charge in [-0.3, -0.25) is 4.79 Å². The van der Waals surface area contributed by atoms with Gasteiger partial charge in [0.2, 0.25) is 0 Å². The molecule has 6 heteroatoms. The van der Waals surface area contributed by atoms with Crippen molar-refractivity contribution < 1.29 is 28.5 Å². The van der Waals surface area contributed by atoms with E-state index in [9.17, 15) is 4.79 Å². The fourth-order valence-corrected chi connectivity index (χ4v) is 3.81. The third kappa shape index (κ3) is 4.80. The van der Waals surface area contributed by atoms with Gasteiger partial charge in [0.25, 0.3) is 0 Å². The summed E-state index contributed by atoms with van der Waals surface area (Å²) in [4.78, 5) is 11.8. The van der Waals surface area contributed by atoms with Gasteiger partial charge in [0.1, 0.15) is 24.2 Å². The summed E-state index contributed by atoms with van der Waals surface area (Å²) >= 11 is 0. The van der Waals surface area contributed by atoms with Crippen LogP contribution in [0.5, 0.6) is 23.0 Å². The Hall–Kier alpha value is -3.67. The zero-order valence-electron chi connectivity index (χ0n) is 18.4. The van der Waals surface area contributed by atoms with Gasteiger partial charge >= 0.3 is 5.97 Å². The first-order valence-electron chi connectivity index (χ1n) is 10.4. The molecule has 1 aliphatic rings. The summed E-state index contributed by atoms with van der Waals surface area (Å²) in [5.41, 5.74) is 2.87. The minimum Gasteiger partial charge on any atom is -0.493 e. The average Bonchev–Trinajstić information content (AvgIpc) is 2.82. The van der Waals surface area contributed by atoms with Crippen molar-refractivity contribution in [1.29, 1.82) is 0 Å². The minimum atomic E-state index is -0.490. The maximum atomic E-state index is 11.8. The first-order valence-corrected chi connectivity index (χ1v) is 10.4. The van der Waals surface area contributed by atoms with Crippen molar-refractivity contribution in [3.05, 3.63) is 83.4 Å². The van der Waals surface area contributed by atoms with Crippen molar-refractivity contribution in [3.8, 4) is 23.0 Å². The molecule has 0 spiro atoms. The Labute approximate surface area is 187 Å². The van der Waals surface area contributed by atoms with Crippen molar-refractivity contribution >= 4 is 5.97 Å². The summed E-state index contributed by atoms with van der Waals surface area (Å²) in [5, 5.41) is 0. The SMILES string of the molecule is COc1ccc([C@@H]2Oc3cc(OCc4ccccc4)ccc3C[C@H]2OC(C)=O)cc1OC. The number of carbonyl (C=O) groups excluding carboxylic acids is 1. The number of benzene rings is 3. The van der Waals surface area contributed by atoms with E-state index in [0.29, 0.717) is 36.0 Å². The van der Waals surface area contributed by atoms with Gasteiger partial charge in [-0.15, -0.1) is 0 Å². The van der Waals surface area contributed by atoms with Crippen LogP contribution in [0.15, 0.2) is 66.7 Å². The van der Waals surface area contributed by atoms with Crippen molar-refractivity contribution in [2.45, 2.75) is 32.2 Å². The van der Waals surface area contributed by atoms with Gasteiger partial charge in [-0.2, -0.15) is 0 Å². The molecular weight excluding hydrogens is 408 g/mol. The highest BCUT2D eigenvalue weighted by molar-refractivity contribution is 5.66. The molecule has 1 aliphatic heterocycles. The van der Waals surface area contributed by atoms with Gasteiger partial charge in [0.15, 0.2) is 17.6 Å². The van der Waals surface area contributed by atoms with Crippen LogP contribution in [0.3, 0.4) is 0 Å². The molecule has 0 saturated heterocycles. The highest BCUT2D eigenvalue weighted by Gasteiger charge is 2.34. The molecule has 4 rings (SSSR count). The Morgan fingerprint density at radius 1 is 0.969 bits per heavy atom. The summed E-state index contributed by atoms with van der Waals surface area (Å²) in [6.07, 6.45) is -0.419. The number of fused-ring (bicyclic) bond motifs is 1. The molecule has 0 aliphatic carbocycles. The van der Waals surface area contributed by atoms with Gasteiger partial charge in [-0.05, 0) is 29.3 Å². The number of rotatable bonds is 7. The summed E-state index contributed by atoms with van der Waals surface area (Å²) in [7, 11) is 3.17. The zero-order valence-corrected chi connectivity index (χ0v) is 18.4. The van der Waals surface area contributed by atoms with E-state index in [1.165, 1.54) is 6.92 Å². The molecule has 2 atom stereocenters. The molecule has 6 nitrogen and oxygen atoms in total. The second-order valence-corrected chi connectivity index (χ2v) is 7.55. The Kier molecular flexibility index (Phi) is 6.50. The second-order valence-electron chi connectivity index (χ2n) is 7.55. The van der Waals surface area contributed by atoms with Crippen LogP contribution in [0, 0.1) is 0 Å². The van der Waals surface area contributed by atoms with Crippen molar-refractivity contribution in [3.63, 3.8) is 0 Å². The normalized spacial score (nSPS) is 17.0. The van der Waals surface area contributed by atoms with E-state index in [1.807, 2.05) is 66.7 Å². The smallest absolute Gasteiger partial charge is 0.303 e. The van der Waals surface area contributed by atoms with E-state index >= 15 is 0 Å². The molecule has 0 aromatic heterocycles. The largest absolute Gasteiger partial charge is 0.493 e. The third-order valence-corrected chi connectivity index (χ3v) is 5.35. The van der Waals surface area contributed by atoms with Gasteiger partial charge in [-0.25, -0.2) is 0 Å². The maximum absolute atomic E-state index is 11.8. The lowest BCUT2D eigenvalue weighted by atomic mass is 9.94. The lowest BCUT2D eigenvalue weighted by molar-refractivity contribution is -0.152. The van der Waals surface area contributed by atoms with Gasteiger partial charge in [0, 0.05) is 25.0 Å². The van der Waals surface area contributed by atoms with E-state index in [4.69, 9.17) is 23.7 Å². The van der Waals surface area contributed by atoms with Crippen LogP contribution in [0.4, 0.5) is 0 Å². The van der Waals surface area contributed by atoms with E-state index in [2.05, 4.69) is 0 Å². The third-order valence-electron chi connectivity index (χ3n) is 5.35. The maximum Gasteiger partial charge on any atom is 0.303 e. The van der Waals surface area contributed by atoms with Gasteiger partial charge in [-0.1, -0.05) is 42.5 Å². The number of hydrogen-bond acceptors (Lipinski definition) is 6. The molecule has 3 aromatic rings. The van der Waals surface area contributed by atoms with Crippen molar-refractivity contribution in [2.24, 2.45) is 0 Å². The Morgan fingerprint density at radius 2 is 1.75 bits per heavy atom. The van der Waals surface area contributed by atoms with Gasteiger partial charge in [0.05, 0.1) is 14.2 Å². The van der Waals surface area contributed by atoms with E-state index in [-0.39, 0.29) is 5.97 Å². The number of methoxy groups -OCH3 is 2. The summed E-state index contributed by atoms with van der Waals surface area (Å²) in [6.45, 7) is 1.87. The van der Waals surface area contributed by atoms with Crippen LogP contribution in [0.2, 0.25) is 0 Å². The first-order chi connectivity index (χ1) is 15.6. The van der Waals surface area contributed by atoms with Crippen LogP contribution >= 0.6 is 0 Å². The molecule has 0 radical (unpaired) electrons. The fraction of sp³-hybridized carbons (Fsp3) is 0.269. The number of ether oxygens (including phenoxy) is 5. The summed E-state index contributed by atoms with van der Waals surface area (Å²) in [5.74, 6) is 2.27. The summed E-state index contributed by atoms with van der Waals surface area (Å²) < 4.78 is 28.7. The zero-order chi connectivity index (χ0) is 22.5. The Bertz CT molecular complexity index is 1080. The molecular formula is C26H26O6. The molecule has 0 bridgehead atoms. The average molecular weight is 434 g/mol. The van der Waals surface area contributed by atoms with Crippen LogP contribution in [0.25, 0.3) is 0 Å². The quantitative estimate of drug-likeness (QED) is 0.494. The van der Waals surface area contributed by atoms with E-state index < -0.39 is 12.2 Å². The molecule has 3 aromatic carbocycles. The molecule has 0 unspecified atom stereocenters. The molecule has 32 heavy (non-hydrogen) atoms. The van der Waals surface area contributed by atoms with E-state index in [0.717, 1.165) is 16.7 Å². The van der Waals surface area contributed by atoms with Crippen LogP contribution < -0.4 is 18.9 Å². The molecule has 166 valence electrons. The van der Waals surface area contributed by atoms with Gasteiger partial charge < -0.3 is 23.7 Å². The standard InChI is InChI=1S/C26H26O6/c1-17(27)31-25-13-19-9-11-21(30-16-18-7-5-4-6-8-18)15-23(19)32-26(25)20-10-12-22(28-2)24(14-20)29-3/h4-12,14-15,25-26H,13,16H2,1-3H3/t25-,26+/m1/s1. The molecule has 0 amide bonds. The molecule has 0 fully saturated rings. The van der Waals surface area contributed by atoms with Crippen molar-refractivity contribution in [1.82, 2.24) is 0 Å². The highest BCUT2D eigenvalue weighted by Crippen LogP contribution is 2.40. The van der Waals surface area contributed by atoms with Crippen LogP contribution in [-0.4, -0.2) is 26.3 Å². The molecule has 0 N–H and O–H groups in total. The van der Waals surface area contributed by atoms with Crippen LogP contribution in [-0.2, 0) is 22.6 Å². The predicted octanol–water partition coefficient (Wildman–Crippen LogP) is 4.89. The second kappa shape index (κ2) is 9.64. The molecule has 1 heterocycles. The number of hydrogen-bond donors (Lipinski definition) is 0. The summed E-state index contributed by atoms with van der Waals surface area (Å²) in [6, 6.07) is 21.3. The Balaban J connectivity index is 1.60. The minimum absolute atomic E-state index is 0.352. The van der Waals surface area contributed by atoms with E-state index in [1.54, 1.807) is 14.2 Å². The van der Waals surface area contributed by atoms with Crippen LogP contribution in [0.1, 0.15) is 29.7 Å². The van der Waals surface area contributed by atoms with Crippen molar-refractivity contribution in [2.75, 3.05) is 14.2 Å². The fourth-order valence-electron chi connectivity index (χ4n) is 3.81. The monoisotopic (exact) mass is 434 g/mol. The molecule has 0 saturated carbocycles. The predicted molar refractivity (Wildman–Crippen MR) is 119 cm³/mol. The lowest BCUT2D eigenvalue weighted by Crippen LogP contribution is -2.34. The topological polar surface area (TPSA) is 63.2 Å². The number of carbonyl (C=O) groups is 1.